The summed E-state index contributed by atoms with van der Waals surface area (Å²) in [6, 6.07) is 0.110. The summed E-state index contributed by atoms with van der Waals surface area (Å²) in [6.45, 7) is 1.18. The minimum atomic E-state index is -4.26. The number of nitrogens with one attached hydrogen (secondary N) is 1. The number of carbonyl (C=O) groups excluding carboxylic acids is 1. The predicted molar refractivity (Wildman–Crippen MR) is 57.4 cm³/mol. The number of amides is 1. The molecule has 0 aromatic rings. The van der Waals surface area contributed by atoms with Crippen LogP contribution in [0.4, 0.5) is 13.2 Å². The Labute approximate surface area is 96.7 Å². The van der Waals surface area contributed by atoms with Crippen LogP contribution < -0.4 is 5.32 Å². The highest BCUT2D eigenvalue weighted by atomic mass is 32.2. The maximum Gasteiger partial charge on any atom is 0.401 e. The van der Waals surface area contributed by atoms with Crippen molar-refractivity contribution in [2.45, 2.75) is 19.1 Å². The minimum Gasteiger partial charge on any atom is -0.337 e. The standard InChI is InChI=1S/C9H15F3N2OS/c1-7-5-16-3-2-14(7)8(15)4-13-6-9(10,11)12/h7,13H,2-6H2,1H3. The van der Waals surface area contributed by atoms with Gasteiger partial charge in [0.05, 0.1) is 13.1 Å². The number of carbonyl (C=O) groups is 1. The molecule has 1 heterocycles. The molecule has 1 saturated heterocycles. The van der Waals surface area contributed by atoms with Crippen LogP contribution in [0.25, 0.3) is 0 Å². The van der Waals surface area contributed by atoms with Crippen molar-refractivity contribution < 1.29 is 18.0 Å². The van der Waals surface area contributed by atoms with E-state index in [-0.39, 0.29) is 18.5 Å². The van der Waals surface area contributed by atoms with Gasteiger partial charge in [0.15, 0.2) is 0 Å². The summed E-state index contributed by atoms with van der Waals surface area (Å²) in [5, 5.41) is 2.12. The Morgan fingerprint density at radius 3 is 2.81 bits per heavy atom. The van der Waals surface area contributed by atoms with Crippen LogP contribution in [-0.4, -0.2) is 54.2 Å². The first-order chi connectivity index (χ1) is 7.40. The monoisotopic (exact) mass is 256 g/mol. The summed E-state index contributed by atoms with van der Waals surface area (Å²) >= 11 is 1.76. The van der Waals surface area contributed by atoms with Crippen LogP contribution in [0.5, 0.6) is 0 Å². The Kier molecular flexibility index (Phi) is 4.91. The van der Waals surface area contributed by atoms with Gasteiger partial charge in [0.25, 0.3) is 0 Å². The maximum atomic E-state index is 11.8. The van der Waals surface area contributed by atoms with E-state index in [0.717, 1.165) is 11.5 Å². The Hall–Kier alpha value is -0.430. The maximum absolute atomic E-state index is 11.8. The quantitative estimate of drug-likeness (QED) is 0.820. The van der Waals surface area contributed by atoms with Gasteiger partial charge in [0.2, 0.25) is 5.91 Å². The third-order valence-electron chi connectivity index (χ3n) is 2.29. The van der Waals surface area contributed by atoms with Gasteiger partial charge in [0, 0.05) is 24.1 Å². The van der Waals surface area contributed by atoms with Gasteiger partial charge in [-0.05, 0) is 6.92 Å². The van der Waals surface area contributed by atoms with Crippen molar-refractivity contribution >= 4 is 17.7 Å². The van der Waals surface area contributed by atoms with E-state index in [1.54, 1.807) is 16.7 Å². The van der Waals surface area contributed by atoms with Crippen LogP contribution in [0.1, 0.15) is 6.92 Å². The number of halogens is 3. The first-order valence-electron chi connectivity index (χ1n) is 5.05. The normalized spacial score (nSPS) is 22.2. The van der Waals surface area contributed by atoms with E-state index in [2.05, 4.69) is 5.32 Å². The molecular weight excluding hydrogens is 241 g/mol. The number of rotatable bonds is 3. The second-order valence-corrected chi connectivity index (χ2v) is 4.88. The molecule has 3 nitrogen and oxygen atoms in total. The second kappa shape index (κ2) is 5.77. The molecule has 1 unspecified atom stereocenters. The van der Waals surface area contributed by atoms with Gasteiger partial charge in [-0.3, -0.25) is 4.79 Å². The molecule has 1 aliphatic rings. The highest BCUT2D eigenvalue weighted by molar-refractivity contribution is 7.99. The molecule has 1 aliphatic heterocycles. The molecular formula is C9H15F3N2OS. The van der Waals surface area contributed by atoms with Crippen LogP contribution in [-0.2, 0) is 4.79 Å². The zero-order valence-electron chi connectivity index (χ0n) is 9.01. The van der Waals surface area contributed by atoms with Crippen LogP contribution in [0.15, 0.2) is 0 Å². The molecule has 1 atom stereocenters. The van der Waals surface area contributed by atoms with E-state index in [4.69, 9.17) is 0 Å². The van der Waals surface area contributed by atoms with E-state index < -0.39 is 12.7 Å². The predicted octanol–water partition coefficient (Wildman–Crippen LogP) is 1.10. The van der Waals surface area contributed by atoms with Crippen LogP contribution in [0.2, 0.25) is 0 Å². The molecule has 0 aromatic heterocycles. The molecule has 0 aliphatic carbocycles. The van der Waals surface area contributed by atoms with Crippen molar-refractivity contribution in [1.82, 2.24) is 10.2 Å². The van der Waals surface area contributed by atoms with E-state index in [0.29, 0.717) is 6.54 Å². The molecule has 7 heteroatoms. The number of hydrogen-bond acceptors (Lipinski definition) is 3. The molecule has 94 valence electrons. The Morgan fingerprint density at radius 1 is 1.56 bits per heavy atom. The molecule has 0 aromatic carbocycles. The van der Waals surface area contributed by atoms with Crippen molar-refractivity contribution in [2.24, 2.45) is 0 Å². The zero-order chi connectivity index (χ0) is 12.2. The molecule has 0 radical (unpaired) electrons. The van der Waals surface area contributed by atoms with E-state index in [1.165, 1.54) is 0 Å². The SMILES string of the molecule is CC1CSCCN1C(=O)CNCC(F)(F)F. The first-order valence-corrected chi connectivity index (χ1v) is 6.20. The summed E-state index contributed by atoms with van der Waals surface area (Å²) in [7, 11) is 0. The van der Waals surface area contributed by atoms with E-state index in [9.17, 15) is 18.0 Å². The third kappa shape index (κ3) is 4.61. The van der Waals surface area contributed by atoms with Crippen molar-refractivity contribution in [3.05, 3.63) is 0 Å². The fourth-order valence-electron chi connectivity index (χ4n) is 1.51. The van der Waals surface area contributed by atoms with Crippen LogP contribution in [0.3, 0.4) is 0 Å². The summed E-state index contributed by atoms with van der Waals surface area (Å²) in [5.41, 5.74) is 0. The molecule has 1 rings (SSSR count). The van der Waals surface area contributed by atoms with E-state index in [1.807, 2.05) is 6.92 Å². The second-order valence-electron chi connectivity index (χ2n) is 3.73. The van der Waals surface area contributed by atoms with Crippen molar-refractivity contribution in [1.29, 1.82) is 0 Å². The van der Waals surface area contributed by atoms with E-state index >= 15 is 0 Å². The van der Waals surface area contributed by atoms with Crippen LogP contribution in [0, 0.1) is 0 Å². The lowest BCUT2D eigenvalue weighted by molar-refractivity contribution is -0.135. The molecule has 0 spiro atoms. The smallest absolute Gasteiger partial charge is 0.337 e. The largest absolute Gasteiger partial charge is 0.401 e. The van der Waals surface area contributed by atoms with Crippen molar-refractivity contribution in [3.8, 4) is 0 Å². The molecule has 1 amide bonds. The average Bonchev–Trinajstić information content (AvgIpc) is 2.16. The molecule has 1 fully saturated rings. The van der Waals surface area contributed by atoms with Gasteiger partial charge in [0.1, 0.15) is 0 Å². The zero-order valence-corrected chi connectivity index (χ0v) is 9.83. The molecule has 16 heavy (non-hydrogen) atoms. The number of nitrogens with zero attached hydrogens (tertiary/aromatic N) is 1. The third-order valence-corrected chi connectivity index (χ3v) is 3.48. The molecule has 1 N–H and O–H groups in total. The number of hydrogen-bond donors (Lipinski definition) is 1. The van der Waals surface area contributed by atoms with Crippen molar-refractivity contribution in [3.63, 3.8) is 0 Å². The molecule has 0 bridgehead atoms. The number of alkyl halides is 3. The Morgan fingerprint density at radius 2 is 2.25 bits per heavy atom. The molecule has 0 saturated carbocycles. The Bertz CT molecular complexity index is 247. The van der Waals surface area contributed by atoms with Crippen LogP contribution >= 0.6 is 11.8 Å². The topological polar surface area (TPSA) is 32.3 Å². The van der Waals surface area contributed by atoms with Gasteiger partial charge in [-0.1, -0.05) is 0 Å². The van der Waals surface area contributed by atoms with Gasteiger partial charge in [-0.2, -0.15) is 24.9 Å². The lowest BCUT2D eigenvalue weighted by Crippen LogP contribution is -2.48. The lowest BCUT2D eigenvalue weighted by Gasteiger charge is -2.33. The van der Waals surface area contributed by atoms with Gasteiger partial charge < -0.3 is 10.2 Å². The Balaban J connectivity index is 2.29. The van der Waals surface area contributed by atoms with Gasteiger partial charge >= 0.3 is 6.18 Å². The summed E-state index contributed by atoms with van der Waals surface area (Å²) in [6.07, 6.45) is -4.26. The minimum absolute atomic E-state index is 0.110. The average molecular weight is 256 g/mol. The van der Waals surface area contributed by atoms with Crippen molar-refractivity contribution in [2.75, 3.05) is 31.1 Å². The van der Waals surface area contributed by atoms with Gasteiger partial charge in [-0.25, -0.2) is 0 Å². The number of thioether (sulfide) groups is 1. The lowest BCUT2D eigenvalue weighted by atomic mass is 10.3. The summed E-state index contributed by atoms with van der Waals surface area (Å²) in [5.74, 6) is 1.46. The highest BCUT2D eigenvalue weighted by Gasteiger charge is 2.28. The fourth-order valence-corrected chi connectivity index (χ4v) is 2.52. The first kappa shape index (κ1) is 13.6. The highest BCUT2D eigenvalue weighted by Crippen LogP contribution is 2.16. The fraction of sp³-hybridized carbons (Fsp3) is 0.889. The van der Waals surface area contributed by atoms with Gasteiger partial charge in [-0.15, -0.1) is 0 Å². The summed E-state index contributed by atoms with van der Waals surface area (Å²) < 4.78 is 35.5. The summed E-state index contributed by atoms with van der Waals surface area (Å²) in [4.78, 5) is 13.2.